The molecule has 0 spiro atoms. The zero-order valence-corrected chi connectivity index (χ0v) is 17.9. The second-order valence-electron chi connectivity index (χ2n) is 6.83. The van der Waals surface area contributed by atoms with E-state index in [4.69, 9.17) is 4.98 Å². The Hall–Kier alpha value is -2.88. The molecule has 0 saturated heterocycles. The fourth-order valence-corrected chi connectivity index (χ4v) is 4.54. The Kier molecular flexibility index (Phi) is 5.76. The second-order valence-corrected chi connectivity index (χ2v) is 9.70. The Morgan fingerprint density at radius 2 is 1.73 bits per heavy atom. The van der Waals surface area contributed by atoms with Crippen LogP contribution in [0.1, 0.15) is 16.8 Å². The van der Waals surface area contributed by atoms with E-state index in [0.717, 1.165) is 32.4 Å². The third-order valence-corrected chi connectivity index (χ3v) is 6.26. The van der Waals surface area contributed by atoms with E-state index in [1.807, 2.05) is 48.5 Å². The topological polar surface area (TPSA) is 101 Å². The van der Waals surface area contributed by atoms with Crippen LogP contribution in [0.4, 0.5) is 0 Å². The van der Waals surface area contributed by atoms with Gasteiger partial charge in [-0.05, 0) is 30.7 Å². The van der Waals surface area contributed by atoms with Crippen LogP contribution in [0, 0.1) is 0 Å². The minimum absolute atomic E-state index is 0.227. The van der Waals surface area contributed by atoms with Crippen molar-refractivity contribution < 1.29 is 13.2 Å². The summed E-state index contributed by atoms with van der Waals surface area (Å²) in [4.78, 5) is 22.3. The van der Waals surface area contributed by atoms with Crippen LogP contribution in [0.25, 0.3) is 31.8 Å². The van der Waals surface area contributed by atoms with Crippen LogP contribution >= 0.6 is 11.3 Å². The van der Waals surface area contributed by atoms with Crippen molar-refractivity contribution in [2.24, 2.45) is 0 Å². The van der Waals surface area contributed by atoms with Gasteiger partial charge in [0.2, 0.25) is 10.0 Å². The molecule has 4 rings (SSSR count). The Morgan fingerprint density at radius 1 is 1.00 bits per heavy atom. The monoisotopic (exact) mass is 440 g/mol. The summed E-state index contributed by atoms with van der Waals surface area (Å²) < 4.78 is 25.7. The average molecular weight is 441 g/mol. The van der Waals surface area contributed by atoms with Crippen molar-refractivity contribution in [1.82, 2.24) is 20.0 Å². The molecule has 9 heteroatoms. The molecule has 0 aliphatic heterocycles. The second kappa shape index (κ2) is 8.47. The number of thiazole rings is 1. The molecule has 0 unspecified atom stereocenters. The van der Waals surface area contributed by atoms with Gasteiger partial charge in [0.15, 0.2) is 0 Å². The number of hydrogen-bond acceptors (Lipinski definition) is 6. The van der Waals surface area contributed by atoms with E-state index in [0.29, 0.717) is 24.2 Å². The number of fused-ring (bicyclic) bond motifs is 2. The highest BCUT2D eigenvalue weighted by molar-refractivity contribution is 7.88. The first kappa shape index (κ1) is 20.4. The standard InChI is InChI=1S/C21H20N4O3S2/c1-30(27,28)23-12-6-11-22-20(26)15-13-18(24-16-8-3-2-7-14(15)16)21-25-17-9-4-5-10-19(17)29-21/h2-5,7-10,13,23H,6,11-12H2,1H3,(H,22,26). The molecule has 0 aliphatic carbocycles. The Labute approximate surface area is 178 Å². The van der Waals surface area contributed by atoms with Crippen LogP contribution in [0.2, 0.25) is 0 Å². The lowest BCUT2D eigenvalue weighted by Gasteiger charge is -2.10. The van der Waals surface area contributed by atoms with E-state index < -0.39 is 10.0 Å². The Bertz CT molecular complexity index is 1300. The quantitative estimate of drug-likeness (QED) is 0.430. The summed E-state index contributed by atoms with van der Waals surface area (Å²) in [5, 5.41) is 4.38. The third-order valence-electron chi connectivity index (χ3n) is 4.48. The minimum Gasteiger partial charge on any atom is -0.352 e. The van der Waals surface area contributed by atoms with Gasteiger partial charge < -0.3 is 5.32 Å². The van der Waals surface area contributed by atoms with Gasteiger partial charge in [-0.3, -0.25) is 4.79 Å². The summed E-state index contributed by atoms with van der Waals surface area (Å²) in [6, 6.07) is 17.1. The number of rotatable bonds is 7. The van der Waals surface area contributed by atoms with Gasteiger partial charge in [0.25, 0.3) is 5.91 Å². The van der Waals surface area contributed by atoms with Crippen LogP contribution in [-0.2, 0) is 10.0 Å². The van der Waals surface area contributed by atoms with Crippen molar-refractivity contribution in [1.29, 1.82) is 0 Å². The average Bonchev–Trinajstić information content (AvgIpc) is 3.16. The predicted molar refractivity (Wildman–Crippen MR) is 120 cm³/mol. The first-order valence-electron chi connectivity index (χ1n) is 9.39. The molecule has 0 fully saturated rings. The van der Waals surface area contributed by atoms with Gasteiger partial charge >= 0.3 is 0 Å². The lowest BCUT2D eigenvalue weighted by Crippen LogP contribution is -2.29. The van der Waals surface area contributed by atoms with Gasteiger partial charge in [-0.15, -0.1) is 11.3 Å². The van der Waals surface area contributed by atoms with E-state index >= 15 is 0 Å². The molecule has 2 aromatic heterocycles. The van der Waals surface area contributed by atoms with Crippen molar-refractivity contribution >= 4 is 48.4 Å². The zero-order valence-electron chi connectivity index (χ0n) is 16.3. The van der Waals surface area contributed by atoms with Gasteiger partial charge in [-0.2, -0.15) is 0 Å². The smallest absolute Gasteiger partial charge is 0.252 e. The molecule has 0 bridgehead atoms. The molecule has 30 heavy (non-hydrogen) atoms. The largest absolute Gasteiger partial charge is 0.352 e. The van der Waals surface area contributed by atoms with Gasteiger partial charge in [0.05, 0.1) is 27.6 Å². The molecular formula is C21H20N4O3S2. The highest BCUT2D eigenvalue weighted by Gasteiger charge is 2.16. The van der Waals surface area contributed by atoms with E-state index in [1.54, 1.807) is 6.07 Å². The number of sulfonamides is 1. The molecule has 0 aliphatic rings. The van der Waals surface area contributed by atoms with Gasteiger partial charge in [0.1, 0.15) is 10.7 Å². The summed E-state index contributed by atoms with van der Waals surface area (Å²) in [7, 11) is -3.23. The van der Waals surface area contributed by atoms with Crippen molar-refractivity contribution in [3.8, 4) is 10.7 Å². The highest BCUT2D eigenvalue weighted by Crippen LogP contribution is 2.31. The molecule has 4 aromatic rings. The number of aromatic nitrogens is 2. The van der Waals surface area contributed by atoms with E-state index in [2.05, 4.69) is 15.0 Å². The molecule has 7 nitrogen and oxygen atoms in total. The minimum atomic E-state index is -3.23. The van der Waals surface area contributed by atoms with Crippen LogP contribution < -0.4 is 10.0 Å². The summed E-state index contributed by atoms with van der Waals surface area (Å²) in [5.74, 6) is -0.227. The van der Waals surface area contributed by atoms with Crippen molar-refractivity contribution in [3.63, 3.8) is 0 Å². The number of pyridine rings is 1. The molecule has 2 heterocycles. The molecule has 0 radical (unpaired) electrons. The van der Waals surface area contributed by atoms with E-state index in [9.17, 15) is 13.2 Å². The Morgan fingerprint density at radius 3 is 2.50 bits per heavy atom. The van der Waals surface area contributed by atoms with Crippen molar-refractivity contribution in [2.45, 2.75) is 6.42 Å². The maximum Gasteiger partial charge on any atom is 0.252 e. The lowest BCUT2D eigenvalue weighted by atomic mass is 10.1. The molecule has 0 atom stereocenters. The van der Waals surface area contributed by atoms with Crippen LogP contribution in [-0.4, -0.2) is 43.6 Å². The van der Waals surface area contributed by atoms with Crippen molar-refractivity contribution in [2.75, 3.05) is 19.3 Å². The predicted octanol–water partition coefficient (Wildman–Crippen LogP) is 3.18. The van der Waals surface area contributed by atoms with E-state index in [1.165, 1.54) is 11.3 Å². The number of nitrogens with zero attached hydrogens (tertiary/aromatic N) is 2. The van der Waals surface area contributed by atoms with Crippen LogP contribution in [0.3, 0.4) is 0 Å². The zero-order chi connectivity index (χ0) is 21.1. The molecular weight excluding hydrogens is 420 g/mol. The third kappa shape index (κ3) is 4.64. The normalized spacial score (nSPS) is 11.8. The first-order valence-corrected chi connectivity index (χ1v) is 12.1. The van der Waals surface area contributed by atoms with Gasteiger partial charge in [-0.1, -0.05) is 30.3 Å². The summed E-state index contributed by atoms with van der Waals surface area (Å²) in [5.41, 5.74) is 2.79. The summed E-state index contributed by atoms with van der Waals surface area (Å²) in [6.07, 6.45) is 1.60. The van der Waals surface area contributed by atoms with E-state index in [-0.39, 0.29) is 12.5 Å². The molecule has 2 aromatic carbocycles. The fourth-order valence-electron chi connectivity index (χ4n) is 3.10. The lowest BCUT2D eigenvalue weighted by molar-refractivity contribution is 0.0955. The number of nitrogens with one attached hydrogen (secondary N) is 2. The number of carbonyl (C=O) groups is 1. The van der Waals surface area contributed by atoms with Gasteiger partial charge in [0, 0.05) is 18.5 Å². The molecule has 2 N–H and O–H groups in total. The number of para-hydroxylation sites is 2. The maximum absolute atomic E-state index is 12.9. The maximum atomic E-state index is 12.9. The van der Waals surface area contributed by atoms with Crippen LogP contribution in [0.5, 0.6) is 0 Å². The SMILES string of the molecule is CS(=O)(=O)NCCCNC(=O)c1cc(-c2nc3ccccc3s2)nc2ccccc12. The number of benzene rings is 2. The number of carbonyl (C=O) groups excluding carboxylic acids is 1. The first-order chi connectivity index (χ1) is 14.4. The van der Waals surface area contributed by atoms with Crippen LogP contribution in [0.15, 0.2) is 54.6 Å². The summed E-state index contributed by atoms with van der Waals surface area (Å²) in [6.45, 7) is 0.627. The number of amides is 1. The molecule has 1 amide bonds. The fraction of sp³-hybridized carbons (Fsp3) is 0.190. The Balaban J connectivity index is 1.61. The molecule has 154 valence electrons. The number of hydrogen-bond donors (Lipinski definition) is 2. The highest BCUT2D eigenvalue weighted by atomic mass is 32.2. The van der Waals surface area contributed by atoms with Gasteiger partial charge in [-0.25, -0.2) is 23.1 Å². The summed E-state index contributed by atoms with van der Waals surface area (Å²) >= 11 is 1.54. The molecule has 0 saturated carbocycles. The van der Waals surface area contributed by atoms with Crippen molar-refractivity contribution in [3.05, 3.63) is 60.2 Å².